The number of phosphoric acid groups is 1. The van der Waals surface area contributed by atoms with Crippen LogP contribution in [0.4, 0.5) is 0 Å². The molecule has 0 atom stereocenters. The summed E-state index contributed by atoms with van der Waals surface area (Å²) in [7, 11) is -4.63. The Hall–Kier alpha value is -2.57. The zero-order chi connectivity index (χ0) is 20.2. The van der Waals surface area contributed by atoms with Crippen LogP contribution >= 0.6 is 7.82 Å². The van der Waals surface area contributed by atoms with Gasteiger partial charge in [0.25, 0.3) is 0 Å². The largest absolute Gasteiger partial charge is 0.471 e. The molecule has 0 aliphatic heterocycles. The number of hydrogen-bond acceptors (Lipinski definition) is 6. The van der Waals surface area contributed by atoms with Crippen molar-refractivity contribution in [3.63, 3.8) is 0 Å². The van der Waals surface area contributed by atoms with E-state index in [2.05, 4.69) is 20.1 Å². The second-order valence-corrected chi connectivity index (χ2v) is 7.55. The molecule has 0 spiro atoms. The Morgan fingerprint density at radius 1 is 1.39 bits per heavy atom. The zero-order valence-corrected chi connectivity index (χ0v) is 16.2. The lowest BCUT2D eigenvalue weighted by Gasteiger charge is -2.29. The summed E-state index contributed by atoms with van der Waals surface area (Å²) in [5, 5.41) is 12.8. The Bertz CT molecular complexity index is 1030. The summed E-state index contributed by atoms with van der Waals surface area (Å²) < 4.78 is 18.0. The molecule has 1 aliphatic carbocycles. The van der Waals surface area contributed by atoms with Crippen LogP contribution in [0, 0.1) is 11.3 Å². The fourth-order valence-corrected chi connectivity index (χ4v) is 3.99. The molecule has 0 aromatic carbocycles. The molecule has 3 N–H and O–H groups in total. The Balaban J connectivity index is 0.000000516. The lowest BCUT2D eigenvalue weighted by molar-refractivity contribution is -0.0377. The molecule has 1 saturated carbocycles. The number of nitriles is 1. The molecule has 4 rings (SSSR count). The maximum absolute atomic E-state index is 11.4. The smallest absolute Gasteiger partial charge is 0.346 e. The van der Waals surface area contributed by atoms with Crippen LogP contribution < -0.4 is 0 Å². The minimum atomic E-state index is -4.63. The molecule has 0 radical (unpaired) electrons. The highest BCUT2D eigenvalue weighted by atomic mass is 31.2. The number of H-pyrrole nitrogens is 1. The van der Waals surface area contributed by atoms with Crippen LogP contribution in [0.5, 0.6) is 0 Å². The maximum atomic E-state index is 11.4. The van der Waals surface area contributed by atoms with Gasteiger partial charge in [-0.05, 0) is 31.7 Å². The third-order valence-corrected chi connectivity index (χ3v) is 5.04. The molecular weight excluding hydrogens is 383 g/mol. The van der Waals surface area contributed by atoms with E-state index in [-0.39, 0.29) is 0 Å². The van der Waals surface area contributed by atoms with Crippen LogP contribution in [0.25, 0.3) is 22.3 Å². The summed E-state index contributed by atoms with van der Waals surface area (Å²) in [4.78, 5) is 30.0. The van der Waals surface area contributed by atoms with Crippen LogP contribution in [0.15, 0.2) is 31.0 Å². The molecule has 11 heteroatoms. The van der Waals surface area contributed by atoms with Gasteiger partial charge in [-0.1, -0.05) is 6.92 Å². The van der Waals surface area contributed by atoms with E-state index >= 15 is 0 Å². The van der Waals surface area contributed by atoms with Gasteiger partial charge in [0, 0.05) is 29.8 Å². The van der Waals surface area contributed by atoms with Crippen LogP contribution in [0.2, 0.25) is 0 Å². The van der Waals surface area contributed by atoms with Gasteiger partial charge >= 0.3 is 7.82 Å². The minimum Gasteiger partial charge on any atom is -0.346 e. The number of nitrogens with one attached hydrogen (secondary N) is 1. The zero-order valence-electron chi connectivity index (χ0n) is 15.3. The first-order chi connectivity index (χ1) is 13.4. The minimum absolute atomic E-state index is 0.503. The number of aromatic amines is 1. The molecule has 3 aromatic rings. The van der Waals surface area contributed by atoms with Gasteiger partial charge in [0.15, 0.2) is 5.72 Å². The summed E-state index contributed by atoms with van der Waals surface area (Å²) >= 11 is 0. The monoisotopic (exact) mass is 404 g/mol. The highest BCUT2D eigenvalue weighted by molar-refractivity contribution is 7.46. The molecule has 3 heterocycles. The van der Waals surface area contributed by atoms with Crippen molar-refractivity contribution in [3.05, 3.63) is 31.0 Å². The average Bonchev–Trinajstić information content (AvgIpc) is 3.40. The standard InChI is InChI=1S/C14H16N5O4P.C3H5N/c20-24(21,22)23-14(4-1-2-5-14)19-8-10(7-18-19)12-11-3-6-15-13(11)17-9-16-12;1-2-3-4/h3,6-9H,1-2,4-5H2,(H,15,16,17)(H2,20,21,22);2H2,1H3. The Morgan fingerprint density at radius 3 is 2.75 bits per heavy atom. The van der Waals surface area contributed by atoms with Gasteiger partial charge in [0.1, 0.15) is 12.0 Å². The third kappa shape index (κ3) is 4.29. The Morgan fingerprint density at radius 2 is 2.11 bits per heavy atom. The lowest BCUT2D eigenvalue weighted by atomic mass is 10.1. The number of phosphoric ester groups is 1. The molecule has 0 saturated heterocycles. The second kappa shape index (κ2) is 8.20. The molecule has 3 aromatic heterocycles. The highest BCUT2D eigenvalue weighted by Crippen LogP contribution is 2.50. The second-order valence-electron chi connectivity index (χ2n) is 6.38. The normalized spacial score (nSPS) is 15.8. The van der Waals surface area contributed by atoms with Crippen LogP contribution in [0.1, 0.15) is 39.0 Å². The van der Waals surface area contributed by atoms with E-state index in [1.165, 1.54) is 11.0 Å². The first kappa shape index (κ1) is 20.2. The first-order valence-electron chi connectivity index (χ1n) is 8.85. The van der Waals surface area contributed by atoms with E-state index in [1.807, 2.05) is 19.1 Å². The van der Waals surface area contributed by atoms with Crippen molar-refractivity contribution < 1.29 is 18.9 Å². The molecule has 1 aliphatic rings. The molecule has 0 amide bonds. The van der Waals surface area contributed by atoms with E-state index in [0.29, 0.717) is 25.0 Å². The summed E-state index contributed by atoms with van der Waals surface area (Å²) in [5.74, 6) is 0. The van der Waals surface area contributed by atoms with Crippen molar-refractivity contribution in [3.8, 4) is 17.3 Å². The number of nitrogens with zero attached hydrogens (tertiary/aromatic N) is 5. The topological polar surface area (TPSA) is 150 Å². The quantitative estimate of drug-likeness (QED) is 0.561. The number of fused-ring (bicyclic) bond motifs is 1. The van der Waals surface area contributed by atoms with Crippen molar-refractivity contribution in [2.75, 3.05) is 0 Å². The molecule has 28 heavy (non-hydrogen) atoms. The van der Waals surface area contributed by atoms with E-state index in [4.69, 9.17) is 9.79 Å². The van der Waals surface area contributed by atoms with Gasteiger partial charge in [0.05, 0.1) is 18.0 Å². The molecule has 0 bridgehead atoms. The van der Waals surface area contributed by atoms with Crippen molar-refractivity contribution in [2.45, 2.75) is 44.8 Å². The fraction of sp³-hybridized carbons (Fsp3) is 0.412. The highest BCUT2D eigenvalue weighted by Gasteiger charge is 2.43. The van der Waals surface area contributed by atoms with Crippen molar-refractivity contribution in [2.24, 2.45) is 0 Å². The van der Waals surface area contributed by atoms with Crippen molar-refractivity contribution >= 4 is 18.9 Å². The predicted octanol–water partition coefficient (Wildman–Crippen LogP) is 3.08. The summed E-state index contributed by atoms with van der Waals surface area (Å²) in [6.45, 7) is 1.82. The lowest BCUT2D eigenvalue weighted by Crippen LogP contribution is -2.33. The number of rotatable bonds is 4. The van der Waals surface area contributed by atoms with Gasteiger partial charge < -0.3 is 14.8 Å². The van der Waals surface area contributed by atoms with Crippen LogP contribution in [-0.2, 0) is 14.8 Å². The molecule has 0 unspecified atom stereocenters. The predicted molar refractivity (Wildman–Crippen MR) is 101 cm³/mol. The van der Waals surface area contributed by atoms with Crippen molar-refractivity contribution in [1.29, 1.82) is 5.26 Å². The molecule has 148 valence electrons. The van der Waals surface area contributed by atoms with Crippen LogP contribution in [0.3, 0.4) is 0 Å². The molecule has 1 fully saturated rings. The molecular formula is C17H21N6O4P. The first-order valence-corrected chi connectivity index (χ1v) is 10.4. The third-order valence-electron chi connectivity index (χ3n) is 4.46. The summed E-state index contributed by atoms with van der Waals surface area (Å²) in [6.07, 6.45) is 9.86. The van der Waals surface area contributed by atoms with E-state index < -0.39 is 13.5 Å². The van der Waals surface area contributed by atoms with Gasteiger partial charge in [-0.3, -0.25) is 4.52 Å². The molecule has 10 nitrogen and oxygen atoms in total. The summed E-state index contributed by atoms with van der Waals surface area (Å²) in [5.41, 5.74) is 1.05. The van der Waals surface area contributed by atoms with Gasteiger partial charge in [0.2, 0.25) is 0 Å². The van der Waals surface area contributed by atoms with Crippen LogP contribution in [-0.4, -0.2) is 34.5 Å². The SMILES string of the molecule is CCC#N.O=P(O)(O)OC1(n2cc(-c3ncnc4[nH]ccc34)cn2)CCCC1. The van der Waals surface area contributed by atoms with Gasteiger partial charge in [-0.25, -0.2) is 19.2 Å². The average molecular weight is 404 g/mol. The van der Waals surface area contributed by atoms with Crippen molar-refractivity contribution in [1.82, 2.24) is 24.7 Å². The van der Waals surface area contributed by atoms with Gasteiger partial charge in [-0.2, -0.15) is 10.4 Å². The van der Waals surface area contributed by atoms with E-state index in [9.17, 15) is 14.4 Å². The maximum Gasteiger partial charge on any atom is 0.471 e. The Labute approximate surface area is 161 Å². The van der Waals surface area contributed by atoms with E-state index in [1.54, 1.807) is 18.6 Å². The summed E-state index contributed by atoms with van der Waals surface area (Å²) in [6, 6.07) is 3.81. The fourth-order valence-electron chi connectivity index (χ4n) is 3.28. The number of hydrogen-bond donors (Lipinski definition) is 3. The van der Waals surface area contributed by atoms with E-state index in [0.717, 1.165) is 29.4 Å². The Kier molecular flexibility index (Phi) is 5.91. The van der Waals surface area contributed by atoms with Gasteiger partial charge in [-0.15, -0.1) is 0 Å². The number of aromatic nitrogens is 5.